The van der Waals surface area contributed by atoms with Crippen LogP contribution in [-0.2, 0) is 15.7 Å². The highest BCUT2D eigenvalue weighted by Crippen LogP contribution is 2.37. The summed E-state index contributed by atoms with van der Waals surface area (Å²) in [5, 5.41) is 5.70. The minimum Gasteiger partial charge on any atom is -0.465 e. The highest BCUT2D eigenvalue weighted by Gasteiger charge is 2.51. The van der Waals surface area contributed by atoms with E-state index in [1.807, 2.05) is 4.90 Å². The number of aromatic nitrogens is 2. The molecule has 36 heavy (non-hydrogen) atoms. The van der Waals surface area contributed by atoms with Crippen molar-refractivity contribution in [3.8, 4) is 0 Å². The number of carbonyl (C=O) groups excluding carboxylic acids is 3. The molecule has 9 nitrogen and oxygen atoms in total. The molecule has 192 valence electrons. The topological polar surface area (TPSA) is 114 Å². The first-order chi connectivity index (χ1) is 17.1. The number of carbonyl (C=O) groups is 3. The summed E-state index contributed by atoms with van der Waals surface area (Å²) < 4.78 is 44.1. The fourth-order valence-corrected chi connectivity index (χ4v) is 4.29. The number of alkyl halides is 3. The van der Waals surface area contributed by atoms with E-state index in [2.05, 4.69) is 20.6 Å². The third-order valence-electron chi connectivity index (χ3n) is 6.60. The van der Waals surface area contributed by atoms with Gasteiger partial charge < -0.3 is 20.3 Å². The zero-order chi connectivity index (χ0) is 25.9. The normalized spacial score (nSPS) is 17.3. The van der Waals surface area contributed by atoms with Crippen LogP contribution in [0.4, 0.5) is 18.9 Å². The summed E-state index contributed by atoms with van der Waals surface area (Å²) in [5.41, 5.74) is -1.30. The van der Waals surface area contributed by atoms with E-state index in [0.29, 0.717) is 51.0 Å². The first kappa shape index (κ1) is 25.4. The second-order valence-electron chi connectivity index (χ2n) is 9.03. The van der Waals surface area contributed by atoms with Crippen LogP contribution in [0.1, 0.15) is 52.0 Å². The van der Waals surface area contributed by atoms with Gasteiger partial charge in [-0.3, -0.25) is 9.59 Å². The van der Waals surface area contributed by atoms with Crippen molar-refractivity contribution < 1.29 is 32.3 Å². The van der Waals surface area contributed by atoms with Gasteiger partial charge in [0.15, 0.2) is 0 Å². The van der Waals surface area contributed by atoms with E-state index in [-0.39, 0.29) is 23.0 Å². The molecule has 2 N–H and O–H groups in total. The molecule has 12 heteroatoms. The number of rotatable bonds is 7. The fraction of sp³-hybridized carbons (Fsp3) is 0.458. The second-order valence-corrected chi connectivity index (χ2v) is 9.03. The van der Waals surface area contributed by atoms with Gasteiger partial charge in [-0.25, -0.2) is 14.8 Å². The molecule has 1 saturated heterocycles. The zero-order valence-corrected chi connectivity index (χ0v) is 19.6. The van der Waals surface area contributed by atoms with Crippen LogP contribution >= 0.6 is 0 Å². The van der Waals surface area contributed by atoms with E-state index in [1.165, 1.54) is 24.8 Å². The maximum atomic E-state index is 13.1. The van der Waals surface area contributed by atoms with Gasteiger partial charge in [0.25, 0.3) is 5.91 Å². The standard InChI is InChI=1S/C24H26F3N5O4/c1-36-21(34)18-10-17(24(25,26)27)2-3-19(18)32-8-4-15(5-9-32)11-30-22(35)23(6-7-23)31-20(33)16-12-28-14-29-13-16/h2-3,10,12-15H,4-9,11H2,1H3,(H,30,35)(H,31,33). The summed E-state index contributed by atoms with van der Waals surface area (Å²) in [6.45, 7) is 1.42. The van der Waals surface area contributed by atoms with Gasteiger partial charge in [0.2, 0.25) is 5.91 Å². The summed E-state index contributed by atoms with van der Waals surface area (Å²) >= 11 is 0. The molecule has 0 bridgehead atoms. The number of ether oxygens (including phenoxy) is 1. The van der Waals surface area contributed by atoms with Gasteiger partial charge in [-0.1, -0.05) is 0 Å². The molecule has 2 fully saturated rings. The molecule has 2 heterocycles. The maximum absolute atomic E-state index is 13.1. The Morgan fingerprint density at radius 2 is 1.81 bits per heavy atom. The van der Waals surface area contributed by atoms with Gasteiger partial charge in [0.1, 0.15) is 11.9 Å². The minimum atomic E-state index is -4.57. The molecule has 1 aromatic carbocycles. The number of piperidine rings is 1. The van der Waals surface area contributed by atoms with E-state index in [4.69, 9.17) is 4.74 Å². The lowest BCUT2D eigenvalue weighted by Crippen LogP contribution is -2.50. The molecule has 0 atom stereocenters. The average molecular weight is 505 g/mol. The Balaban J connectivity index is 1.32. The van der Waals surface area contributed by atoms with Crippen LogP contribution in [0.3, 0.4) is 0 Å². The number of nitrogens with zero attached hydrogens (tertiary/aromatic N) is 3. The Kier molecular flexibility index (Phi) is 7.14. The van der Waals surface area contributed by atoms with Gasteiger partial charge in [-0.15, -0.1) is 0 Å². The Hall–Kier alpha value is -3.70. The van der Waals surface area contributed by atoms with E-state index in [0.717, 1.165) is 19.2 Å². The highest BCUT2D eigenvalue weighted by atomic mass is 19.4. The van der Waals surface area contributed by atoms with Crippen molar-refractivity contribution in [2.45, 2.75) is 37.4 Å². The largest absolute Gasteiger partial charge is 0.465 e. The summed E-state index contributed by atoms with van der Waals surface area (Å²) in [5.74, 6) is -1.33. The van der Waals surface area contributed by atoms with Crippen LogP contribution in [0.2, 0.25) is 0 Å². The first-order valence-electron chi connectivity index (χ1n) is 11.5. The van der Waals surface area contributed by atoms with Crippen LogP contribution < -0.4 is 15.5 Å². The van der Waals surface area contributed by atoms with E-state index in [1.54, 1.807) is 0 Å². The number of methoxy groups -OCH3 is 1. The minimum absolute atomic E-state index is 0.130. The van der Waals surface area contributed by atoms with Crippen molar-refractivity contribution in [1.82, 2.24) is 20.6 Å². The Morgan fingerprint density at radius 3 is 2.39 bits per heavy atom. The van der Waals surface area contributed by atoms with Gasteiger partial charge in [-0.2, -0.15) is 13.2 Å². The number of hydrogen-bond donors (Lipinski definition) is 2. The molecule has 2 amide bonds. The summed E-state index contributed by atoms with van der Waals surface area (Å²) in [7, 11) is 1.13. The molecule has 2 aliphatic rings. The summed E-state index contributed by atoms with van der Waals surface area (Å²) in [6.07, 6.45) is 1.93. The van der Waals surface area contributed by atoms with Crippen molar-refractivity contribution in [3.63, 3.8) is 0 Å². The number of benzene rings is 1. The van der Waals surface area contributed by atoms with E-state index in [9.17, 15) is 27.6 Å². The quantitative estimate of drug-likeness (QED) is 0.556. The summed E-state index contributed by atoms with van der Waals surface area (Å²) in [4.78, 5) is 46.8. The van der Waals surface area contributed by atoms with Crippen molar-refractivity contribution in [3.05, 3.63) is 53.6 Å². The molecule has 0 radical (unpaired) electrons. The number of esters is 1. The van der Waals surface area contributed by atoms with Crippen LogP contribution in [-0.4, -0.2) is 60.0 Å². The van der Waals surface area contributed by atoms with Crippen molar-refractivity contribution in [2.75, 3.05) is 31.6 Å². The molecule has 1 aromatic heterocycles. The monoisotopic (exact) mass is 505 g/mol. The number of hydrogen-bond acceptors (Lipinski definition) is 7. The second kappa shape index (κ2) is 10.1. The van der Waals surface area contributed by atoms with Gasteiger partial charge >= 0.3 is 12.1 Å². The molecular weight excluding hydrogens is 479 g/mol. The maximum Gasteiger partial charge on any atom is 0.416 e. The SMILES string of the molecule is COC(=O)c1cc(C(F)(F)F)ccc1N1CCC(CNC(=O)C2(NC(=O)c3cncnc3)CC2)CC1. The predicted octanol–water partition coefficient (Wildman–Crippen LogP) is 2.58. The molecule has 1 aliphatic carbocycles. The lowest BCUT2D eigenvalue weighted by molar-refractivity contribution is -0.137. The molecule has 0 unspecified atom stereocenters. The predicted molar refractivity (Wildman–Crippen MR) is 122 cm³/mol. The number of nitrogens with one attached hydrogen (secondary N) is 2. The lowest BCUT2D eigenvalue weighted by atomic mass is 9.95. The fourth-order valence-electron chi connectivity index (χ4n) is 4.29. The number of amides is 2. The third kappa shape index (κ3) is 5.58. The third-order valence-corrected chi connectivity index (χ3v) is 6.60. The summed E-state index contributed by atoms with van der Waals surface area (Å²) in [6, 6.07) is 3.08. The first-order valence-corrected chi connectivity index (χ1v) is 11.5. The average Bonchev–Trinajstić information content (AvgIpc) is 3.67. The number of anilines is 1. The van der Waals surface area contributed by atoms with Crippen molar-refractivity contribution in [2.24, 2.45) is 5.92 Å². The van der Waals surface area contributed by atoms with Crippen LogP contribution in [0.25, 0.3) is 0 Å². The van der Waals surface area contributed by atoms with Crippen molar-refractivity contribution in [1.29, 1.82) is 0 Å². The molecular formula is C24H26F3N5O4. The lowest BCUT2D eigenvalue weighted by Gasteiger charge is -2.35. The molecule has 1 aliphatic heterocycles. The van der Waals surface area contributed by atoms with Gasteiger partial charge in [0.05, 0.1) is 29.5 Å². The molecule has 2 aromatic rings. The van der Waals surface area contributed by atoms with Gasteiger partial charge in [-0.05, 0) is 49.8 Å². The number of halogens is 3. The molecule has 4 rings (SSSR count). The van der Waals surface area contributed by atoms with E-state index >= 15 is 0 Å². The Morgan fingerprint density at radius 1 is 1.14 bits per heavy atom. The molecule has 0 spiro atoms. The molecule has 1 saturated carbocycles. The Labute approximate surface area is 205 Å². The Bertz CT molecular complexity index is 1130. The van der Waals surface area contributed by atoms with Crippen LogP contribution in [0.15, 0.2) is 36.9 Å². The highest BCUT2D eigenvalue weighted by molar-refractivity contribution is 6.00. The van der Waals surface area contributed by atoms with Crippen LogP contribution in [0, 0.1) is 5.92 Å². The van der Waals surface area contributed by atoms with Crippen molar-refractivity contribution >= 4 is 23.5 Å². The van der Waals surface area contributed by atoms with Gasteiger partial charge in [0, 0.05) is 32.0 Å². The van der Waals surface area contributed by atoms with Crippen LogP contribution in [0.5, 0.6) is 0 Å². The smallest absolute Gasteiger partial charge is 0.416 e. The van der Waals surface area contributed by atoms with E-state index < -0.39 is 29.2 Å². The zero-order valence-electron chi connectivity index (χ0n) is 19.6.